The SMILES string of the molecule is CCNC(c1ccc(Cl)cc1)c1ccc(C(F)(F)F)cc1. The van der Waals surface area contributed by atoms with E-state index >= 15 is 0 Å². The van der Waals surface area contributed by atoms with E-state index in [0.717, 1.165) is 23.3 Å². The predicted octanol–water partition coefficient (Wildman–Crippen LogP) is 5.06. The van der Waals surface area contributed by atoms with Gasteiger partial charge in [0.25, 0.3) is 0 Å². The van der Waals surface area contributed by atoms with E-state index < -0.39 is 11.7 Å². The van der Waals surface area contributed by atoms with Crippen molar-refractivity contribution in [2.75, 3.05) is 6.54 Å². The molecule has 0 bridgehead atoms. The summed E-state index contributed by atoms with van der Waals surface area (Å²) in [4.78, 5) is 0. The number of halogens is 4. The lowest BCUT2D eigenvalue weighted by Gasteiger charge is -2.19. The molecule has 2 aromatic rings. The normalized spacial score (nSPS) is 13.2. The largest absolute Gasteiger partial charge is 0.416 e. The van der Waals surface area contributed by atoms with Crippen LogP contribution in [0.1, 0.15) is 29.7 Å². The summed E-state index contributed by atoms with van der Waals surface area (Å²) in [7, 11) is 0. The van der Waals surface area contributed by atoms with Crippen molar-refractivity contribution in [1.29, 1.82) is 0 Å². The van der Waals surface area contributed by atoms with Gasteiger partial charge in [-0.25, -0.2) is 0 Å². The second kappa shape index (κ2) is 6.50. The van der Waals surface area contributed by atoms with Gasteiger partial charge in [0.2, 0.25) is 0 Å². The van der Waals surface area contributed by atoms with E-state index in [-0.39, 0.29) is 6.04 Å². The Morgan fingerprint density at radius 2 is 1.43 bits per heavy atom. The first-order valence-corrected chi connectivity index (χ1v) is 6.95. The lowest BCUT2D eigenvalue weighted by Crippen LogP contribution is -2.22. The Morgan fingerprint density at radius 3 is 1.86 bits per heavy atom. The molecule has 0 aliphatic heterocycles. The van der Waals surface area contributed by atoms with Gasteiger partial charge in [-0.1, -0.05) is 42.8 Å². The van der Waals surface area contributed by atoms with Gasteiger partial charge in [0.15, 0.2) is 0 Å². The number of alkyl halides is 3. The average Bonchev–Trinajstić information content (AvgIpc) is 2.45. The number of rotatable bonds is 4. The highest BCUT2D eigenvalue weighted by Crippen LogP contribution is 2.31. The second-order valence-corrected chi connectivity index (χ2v) is 5.10. The van der Waals surface area contributed by atoms with Gasteiger partial charge in [0, 0.05) is 5.02 Å². The first kappa shape index (κ1) is 15.9. The second-order valence-electron chi connectivity index (χ2n) is 4.66. The van der Waals surface area contributed by atoms with Crippen molar-refractivity contribution in [2.24, 2.45) is 0 Å². The molecule has 5 heteroatoms. The standard InChI is InChI=1S/C16H15ClF3N/c1-2-21-15(12-5-9-14(17)10-6-12)11-3-7-13(8-4-11)16(18,19)20/h3-10,15,21H,2H2,1H3. The summed E-state index contributed by atoms with van der Waals surface area (Å²) in [6.45, 7) is 2.65. The molecular weight excluding hydrogens is 299 g/mol. The molecule has 0 radical (unpaired) electrons. The third kappa shape index (κ3) is 3.99. The van der Waals surface area contributed by atoms with Gasteiger partial charge in [-0.05, 0) is 41.9 Å². The lowest BCUT2D eigenvalue weighted by atomic mass is 9.97. The van der Waals surface area contributed by atoms with Crippen molar-refractivity contribution in [3.05, 3.63) is 70.2 Å². The highest BCUT2D eigenvalue weighted by Gasteiger charge is 2.30. The Hall–Kier alpha value is -1.52. The number of hydrogen-bond donors (Lipinski definition) is 1. The molecule has 1 nitrogen and oxygen atoms in total. The maximum Gasteiger partial charge on any atom is 0.416 e. The van der Waals surface area contributed by atoms with Crippen LogP contribution in [0.4, 0.5) is 13.2 Å². The van der Waals surface area contributed by atoms with Crippen LogP contribution in [0.2, 0.25) is 5.02 Å². The molecule has 0 amide bonds. The van der Waals surface area contributed by atoms with E-state index in [9.17, 15) is 13.2 Å². The topological polar surface area (TPSA) is 12.0 Å². The van der Waals surface area contributed by atoms with Gasteiger partial charge in [0.05, 0.1) is 11.6 Å². The molecule has 0 aliphatic carbocycles. The minimum atomic E-state index is -4.31. The monoisotopic (exact) mass is 313 g/mol. The average molecular weight is 314 g/mol. The van der Waals surface area contributed by atoms with Crippen LogP contribution >= 0.6 is 11.6 Å². The van der Waals surface area contributed by atoms with E-state index in [1.807, 2.05) is 19.1 Å². The van der Waals surface area contributed by atoms with Crippen molar-refractivity contribution >= 4 is 11.6 Å². The molecule has 1 unspecified atom stereocenters. The van der Waals surface area contributed by atoms with Crippen molar-refractivity contribution in [2.45, 2.75) is 19.1 Å². The van der Waals surface area contributed by atoms with Crippen molar-refractivity contribution < 1.29 is 13.2 Å². The quantitative estimate of drug-likeness (QED) is 0.832. The fourth-order valence-corrected chi connectivity index (χ4v) is 2.28. The van der Waals surface area contributed by atoms with E-state index in [1.54, 1.807) is 12.1 Å². The van der Waals surface area contributed by atoms with Gasteiger partial charge >= 0.3 is 6.18 Å². The van der Waals surface area contributed by atoms with Crippen LogP contribution in [-0.4, -0.2) is 6.54 Å². The zero-order valence-corrected chi connectivity index (χ0v) is 12.2. The Morgan fingerprint density at radius 1 is 0.952 bits per heavy atom. The molecular formula is C16H15ClF3N. The Bertz CT molecular complexity index is 576. The zero-order chi connectivity index (χ0) is 15.5. The van der Waals surface area contributed by atoms with E-state index in [4.69, 9.17) is 11.6 Å². The molecule has 1 atom stereocenters. The summed E-state index contributed by atoms with van der Waals surface area (Å²) < 4.78 is 37.8. The molecule has 2 rings (SSSR count). The van der Waals surface area contributed by atoms with Crippen LogP contribution in [-0.2, 0) is 6.18 Å². The lowest BCUT2D eigenvalue weighted by molar-refractivity contribution is -0.137. The summed E-state index contributed by atoms with van der Waals surface area (Å²) in [6, 6.07) is 12.3. The fraction of sp³-hybridized carbons (Fsp3) is 0.250. The summed E-state index contributed by atoms with van der Waals surface area (Å²) in [6.07, 6.45) is -4.31. The van der Waals surface area contributed by atoms with Crippen LogP contribution in [0.15, 0.2) is 48.5 Å². The van der Waals surface area contributed by atoms with Crippen LogP contribution in [0, 0.1) is 0 Å². The Kier molecular flexibility index (Phi) is 4.91. The molecule has 0 heterocycles. The number of nitrogens with one attached hydrogen (secondary N) is 1. The van der Waals surface area contributed by atoms with E-state index in [0.29, 0.717) is 11.6 Å². The molecule has 0 saturated carbocycles. The predicted molar refractivity (Wildman–Crippen MR) is 78.4 cm³/mol. The molecule has 1 N–H and O–H groups in total. The molecule has 0 spiro atoms. The number of benzene rings is 2. The zero-order valence-electron chi connectivity index (χ0n) is 11.4. The maximum atomic E-state index is 12.6. The summed E-state index contributed by atoms with van der Waals surface area (Å²) in [5.74, 6) is 0. The minimum absolute atomic E-state index is 0.158. The fourth-order valence-electron chi connectivity index (χ4n) is 2.15. The first-order valence-electron chi connectivity index (χ1n) is 6.58. The van der Waals surface area contributed by atoms with Crippen LogP contribution < -0.4 is 5.32 Å². The van der Waals surface area contributed by atoms with Gasteiger partial charge in [-0.2, -0.15) is 13.2 Å². The van der Waals surface area contributed by atoms with Crippen LogP contribution in [0.3, 0.4) is 0 Å². The Labute approximate surface area is 126 Å². The molecule has 0 aromatic heterocycles. The van der Waals surface area contributed by atoms with Crippen molar-refractivity contribution in [3.8, 4) is 0 Å². The molecule has 2 aromatic carbocycles. The van der Waals surface area contributed by atoms with Gasteiger partial charge in [-0.3, -0.25) is 0 Å². The third-order valence-electron chi connectivity index (χ3n) is 3.18. The highest BCUT2D eigenvalue weighted by molar-refractivity contribution is 6.30. The highest BCUT2D eigenvalue weighted by atomic mass is 35.5. The summed E-state index contributed by atoms with van der Waals surface area (Å²) in [5.41, 5.74) is 1.10. The van der Waals surface area contributed by atoms with Crippen LogP contribution in [0.25, 0.3) is 0 Å². The minimum Gasteiger partial charge on any atom is -0.307 e. The third-order valence-corrected chi connectivity index (χ3v) is 3.43. The molecule has 0 aliphatic rings. The maximum absolute atomic E-state index is 12.6. The summed E-state index contributed by atoms with van der Waals surface area (Å²) >= 11 is 5.86. The van der Waals surface area contributed by atoms with Crippen LogP contribution in [0.5, 0.6) is 0 Å². The van der Waals surface area contributed by atoms with Gasteiger partial charge in [0.1, 0.15) is 0 Å². The van der Waals surface area contributed by atoms with E-state index in [1.165, 1.54) is 12.1 Å². The molecule has 21 heavy (non-hydrogen) atoms. The van der Waals surface area contributed by atoms with Crippen molar-refractivity contribution in [3.63, 3.8) is 0 Å². The first-order chi connectivity index (χ1) is 9.91. The number of hydrogen-bond acceptors (Lipinski definition) is 1. The molecule has 112 valence electrons. The van der Waals surface area contributed by atoms with Gasteiger partial charge in [-0.15, -0.1) is 0 Å². The molecule has 0 saturated heterocycles. The van der Waals surface area contributed by atoms with E-state index in [2.05, 4.69) is 5.32 Å². The summed E-state index contributed by atoms with van der Waals surface area (Å²) in [5, 5.41) is 3.89. The smallest absolute Gasteiger partial charge is 0.307 e. The van der Waals surface area contributed by atoms with Gasteiger partial charge < -0.3 is 5.32 Å². The molecule has 0 fully saturated rings. The Balaban J connectivity index is 2.32. The van der Waals surface area contributed by atoms with Crippen molar-refractivity contribution in [1.82, 2.24) is 5.32 Å².